The van der Waals surface area contributed by atoms with Gasteiger partial charge in [-0.15, -0.1) is 0 Å². The largest absolute Gasteiger partial charge is 0.379 e. The van der Waals surface area contributed by atoms with E-state index in [1.54, 1.807) is 24.7 Å². The van der Waals surface area contributed by atoms with Crippen LogP contribution >= 0.6 is 0 Å². The number of benzene rings is 1. The molecule has 0 aliphatic carbocycles. The van der Waals surface area contributed by atoms with Crippen molar-refractivity contribution in [2.45, 2.75) is 32.4 Å². The monoisotopic (exact) mass is 393 g/mol. The summed E-state index contributed by atoms with van der Waals surface area (Å²) in [5, 5.41) is 5.82. The van der Waals surface area contributed by atoms with Gasteiger partial charge in [0.15, 0.2) is 0 Å². The molecule has 0 unspecified atom stereocenters. The Morgan fingerprint density at radius 2 is 2.17 bits per heavy atom. The predicted molar refractivity (Wildman–Crippen MR) is 109 cm³/mol. The number of imidazole rings is 1. The highest BCUT2D eigenvalue weighted by Gasteiger charge is 2.20. The Balaban J connectivity index is 1.62. The van der Waals surface area contributed by atoms with Gasteiger partial charge in [-0.05, 0) is 30.7 Å². The first-order chi connectivity index (χ1) is 14.1. The fraction of sp³-hybridized carbons (Fsp3) is 0.333. The minimum atomic E-state index is -0.203. The van der Waals surface area contributed by atoms with E-state index < -0.39 is 0 Å². The van der Waals surface area contributed by atoms with Crippen molar-refractivity contribution in [1.82, 2.24) is 19.9 Å². The number of carbonyl (C=O) groups excluding carboxylic acids is 2. The van der Waals surface area contributed by atoms with E-state index in [0.29, 0.717) is 36.5 Å². The molecule has 0 spiro atoms. The Kier molecular flexibility index (Phi) is 5.53. The maximum atomic E-state index is 12.7. The quantitative estimate of drug-likeness (QED) is 0.669. The molecular weight excluding hydrogens is 370 g/mol. The van der Waals surface area contributed by atoms with Crippen molar-refractivity contribution < 1.29 is 14.3 Å². The van der Waals surface area contributed by atoms with Gasteiger partial charge in [0.05, 0.1) is 35.7 Å². The molecule has 8 heteroatoms. The molecule has 8 nitrogen and oxygen atoms in total. The van der Waals surface area contributed by atoms with Crippen LogP contribution in [0, 0.1) is 0 Å². The summed E-state index contributed by atoms with van der Waals surface area (Å²) in [7, 11) is 0. The molecule has 0 bridgehead atoms. The van der Waals surface area contributed by atoms with Gasteiger partial charge in [0, 0.05) is 44.0 Å². The topological polar surface area (TPSA) is 98.1 Å². The molecule has 150 valence electrons. The molecule has 2 amide bonds. The summed E-state index contributed by atoms with van der Waals surface area (Å²) in [6.45, 7) is 3.28. The van der Waals surface area contributed by atoms with Crippen LogP contribution in [0.5, 0.6) is 0 Å². The number of nitrogens with one attached hydrogen (secondary N) is 2. The molecule has 1 aromatic carbocycles. The summed E-state index contributed by atoms with van der Waals surface area (Å²) >= 11 is 0. The third kappa shape index (κ3) is 4.43. The lowest BCUT2D eigenvalue weighted by atomic mass is 10.1. The molecule has 1 fully saturated rings. The van der Waals surface area contributed by atoms with E-state index in [-0.39, 0.29) is 17.9 Å². The number of hydrogen-bond acceptors (Lipinski definition) is 5. The molecule has 4 rings (SSSR count). The van der Waals surface area contributed by atoms with Gasteiger partial charge in [-0.3, -0.25) is 14.6 Å². The zero-order valence-electron chi connectivity index (χ0n) is 16.2. The van der Waals surface area contributed by atoms with Crippen LogP contribution in [0.1, 0.15) is 29.4 Å². The number of anilines is 1. The highest BCUT2D eigenvalue weighted by Crippen LogP contribution is 2.26. The van der Waals surface area contributed by atoms with Crippen LogP contribution in [0.25, 0.3) is 11.0 Å². The maximum Gasteiger partial charge on any atom is 0.251 e. The van der Waals surface area contributed by atoms with Gasteiger partial charge >= 0.3 is 0 Å². The fourth-order valence-electron chi connectivity index (χ4n) is 3.49. The lowest BCUT2D eigenvalue weighted by molar-refractivity contribution is -0.114. The SMILES string of the molecule is CC(=O)Nc1cc(C(=O)N[C@@H]2CCOC2)cc2ncn(CCc3ccccn3)c12. The number of pyridine rings is 1. The molecule has 2 N–H and O–H groups in total. The van der Waals surface area contributed by atoms with Crippen molar-refractivity contribution >= 4 is 28.5 Å². The van der Waals surface area contributed by atoms with E-state index in [4.69, 9.17) is 4.74 Å². The van der Waals surface area contributed by atoms with Crippen LogP contribution in [0.15, 0.2) is 42.9 Å². The third-order valence-corrected chi connectivity index (χ3v) is 4.89. The van der Waals surface area contributed by atoms with Crippen molar-refractivity contribution in [3.8, 4) is 0 Å². The summed E-state index contributed by atoms with van der Waals surface area (Å²) in [5.74, 6) is -0.400. The minimum absolute atomic E-state index is 0.0124. The zero-order chi connectivity index (χ0) is 20.2. The number of amides is 2. The second-order valence-electron chi connectivity index (χ2n) is 7.12. The molecule has 3 heterocycles. The highest BCUT2D eigenvalue weighted by molar-refractivity contribution is 6.05. The molecule has 1 saturated heterocycles. The summed E-state index contributed by atoms with van der Waals surface area (Å²) < 4.78 is 7.29. The van der Waals surface area contributed by atoms with E-state index in [2.05, 4.69) is 20.6 Å². The molecular formula is C21H23N5O3. The zero-order valence-corrected chi connectivity index (χ0v) is 16.2. The van der Waals surface area contributed by atoms with Gasteiger partial charge in [-0.1, -0.05) is 6.07 Å². The minimum Gasteiger partial charge on any atom is -0.379 e. The average molecular weight is 393 g/mol. The predicted octanol–water partition coefficient (Wildman–Crippen LogP) is 2.15. The standard InChI is InChI=1S/C21H23N5O3/c1-14(27)24-19-11-15(21(28)25-17-6-9-29-12-17)10-18-20(19)26(13-23-18)8-5-16-4-2-3-7-22-16/h2-4,7,10-11,13,17H,5-6,8-9,12H2,1H3,(H,24,27)(H,25,28)/t17-/m1/s1. The van der Waals surface area contributed by atoms with Crippen molar-refractivity contribution in [1.29, 1.82) is 0 Å². The molecule has 0 radical (unpaired) electrons. The van der Waals surface area contributed by atoms with Crippen molar-refractivity contribution in [3.63, 3.8) is 0 Å². The van der Waals surface area contributed by atoms with Crippen molar-refractivity contribution in [2.24, 2.45) is 0 Å². The Bertz CT molecular complexity index is 1030. The number of carbonyl (C=O) groups is 2. The Hall–Kier alpha value is -3.26. The van der Waals surface area contributed by atoms with E-state index in [0.717, 1.165) is 24.1 Å². The number of aryl methyl sites for hydroxylation is 2. The molecule has 3 aromatic rings. The summed E-state index contributed by atoms with van der Waals surface area (Å²) in [5.41, 5.74) is 3.46. The second-order valence-corrected chi connectivity index (χ2v) is 7.12. The first kappa shape index (κ1) is 19.1. The van der Waals surface area contributed by atoms with Crippen LogP contribution in [0.3, 0.4) is 0 Å². The van der Waals surface area contributed by atoms with Gasteiger partial charge in [0.2, 0.25) is 5.91 Å². The molecule has 1 atom stereocenters. The van der Waals surface area contributed by atoms with Gasteiger partial charge < -0.3 is 19.9 Å². The number of ether oxygens (including phenoxy) is 1. The van der Waals surface area contributed by atoms with Crippen molar-refractivity contribution in [2.75, 3.05) is 18.5 Å². The van der Waals surface area contributed by atoms with E-state index in [9.17, 15) is 9.59 Å². The van der Waals surface area contributed by atoms with Crippen LogP contribution in [-0.4, -0.2) is 45.6 Å². The summed E-state index contributed by atoms with van der Waals surface area (Å²) in [4.78, 5) is 33.2. The maximum absolute atomic E-state index is 12.7. The van der Waals surface area contributed by atoms with Crippen LogP contribution in [-0.2, 0) is 22.5 Å². The van der Waals surface area contributed by atoms with Gasteiger partial charge in [0.25, 0.3) is 5.91 Å². The molecule has 2 aromatic heterocycles. The van der Waals surface area contributed by atoms with Gasteiger partial charge in [0.1, 0.15) is 0 Å². The van der Waals surface area contributed by atoms with E-state index in [1.165, 1.54) is 6.92 Å². The Morgan fingerprint density at radius 1 is 1.28 bits per heavy atom. The summed E-state index contributed by atoms with van der Waals surface area (Å²) in [6, 6.07) is 9.28. The van der Waals surface area contributed by atoms with Crippen LogP contribution in [0.4, 0.5) is 5.69 Å². The lowest BCUT2D eigenvalue weighted by Gasteiger charge is -2.13. The smallest absolute Gasteiger partial charge is 0.251 e. The molecule has 0 saturated carbocycles. The van der Waals surface area contributed by atoms with Gasteiger partial charge in [-0.2, -0.15) is 0 Å². The molecule has 1 aliphatic heterocycles. The molecule has 1 aliphatic rings. The number of aromatic nitrogens is 3. The van der Waals surface area contributed by atoms with E-state index in [1.807, 2.05) is 22.8 Å². The Labute approximate surface area is 168 Å². The number of nitrogens with zero attached hydrogens (tertiary/aromatic N) is 3. The first-order valence-corrected chi connectivity index (χ1v) is 9.65. The van der Waals surface area contributed by atoms with E-state index >= 15 is 0 Å². The third-order valence-electron chi connectivity index (χ3n) is 4.89. The number of hydrogen-bond donors (Lipinski definition) is 2. The first-order valence-electron chi connectivity index (χ1n) is 9.65. The van der Waals surface area contributed by atoms with Crippen LogP contribution < -0.4 is 10.6 Å². The average Bonchev–Trinajstić information content (AvgIpc) is 3.36. The second kappa shape index (κ2) is 8.40. The fourth-order valence-corrected chi connectivity index (χ4v) is 3.49. The highest BCUT2D eigenvalue weighted by atomic mass is 16.5. The van der Waals surface area contributed by atoms with Crippen molar-refractivity contribution in [3.05, 3.63) is 54.1 Å². The Morgan fingerprint density at radius 3 is 2.90 bits per heavy atom. The normalized spacial score (nSPS) is 16.1. The van der Waals surface area contributed by atoms with Crippen LogP contribution in [0.2, 0.25) is 0 Å². The van der Waals surface area contributed by atoms with Gasteiger partial charge in [-0.25, -0.2) is 4.98 Å². The lowest BCUT2D eigenvalue weighted by Crippen LogP contribution is -2.35. The number of fused-ring (bicyclic) bond motifs is 1. The summed E-state index contributed by atoms with van der Waals surface area (Å²) in [6.07, 6.45) is 5.03. The number of rotatable bonds is 6. The molecule has 29 heavy (non-hydrogen) atoms.